The second kappa shape index (κ2) is 5.24. The van der Waals surface area contributed by atoms with Gasteiger partial charge in [-0.1, -0.05) is 0 Å². The fourth-order valence-corrected chi connectivity index (χ4v) is 2.86. The fraction of sp³-hybridized carbons (Fsp3) is 0.417. The van der Waals surface area contributed by atoms with E-state index in [9.17, 15) is 0 Å². The molecule has 0 atom stereocenters. The number of hydrogen-bond donors (Lipinski definition) is 1. The van der Waals surface area contributed by atoms with Crippen molar-refractivity contribution < 1.29 is 4.74 Å². The van der Waals surface area contributed by atoms with Crippen LogP contribution < -0.4 is 5.73 Å². The Morgan fingerprint density at radius 2 is 2.12 bits per heavy atom. The van der Waals surface area contributed by atoms with Gasteiger partial charge in [-0.05, 0) is 31.0 Å². The Bertz CT molecular complexity index is 408. The largest absolute Gasteiger partial charge is 0.398 e. The van der Waals surface area contributed by atoms with Gasteiger partial charge in [0.15, 0.2) is 0 Å². The van der Waals surface area contributed by atoms with Gasteiger partial charge in [0.25, 0.3) is 0 Å². The minimum atomic E-state index is 0.552. The van der Waals surface area contributed by atoms with Crippen molar-refractivity contribution in [1.82, 2.24) is 0 Å². The minimum absolute atomic E-state index is 0.552. The molecule has 1 saturated heterocycles. The first-order valence-corrected chi connectivity index (χ1v) is 6.21. The topological polar surface area (TPSA) is 59.0 Å². The van der Waals surface area contributed by atoms with Crippen LogP contribution in [0.2, 0.25) is 0 Å². The second-order valence-electron chi connectivity index (χ2n) is 3.79. The molecule has 4 heteroatoms. The second-order valence-corrected chi connectivity index (χ2v) is 5.16. The van der Waals surface area contributed by atoms with Crippen molar-refractivity contribution >= 4 is 17.4 Å². The van der Waals surface area contributed by atoms with E-state index in [1.165, 1.54) is 0 Å². The van der Waals surface area contributed by atoms with Gasteiger partial charge >= 0.3 is 0 Å². The highest BCUT2D eigenvalue weighted by Crippen LogP contribution is 2.31. The van der Waals surface area contributed by atoms with Crippen LogP contribution in [-0.2, 0) is 4.74 Å². The van der Waals surface area contributed by atoms with Crippen molar-refractivity contribution in [3.05, 3.63) is 23.8 Å². The fourth-order valence-electron chi connectivity index (χ4n) is 1.70. The number of nitrogens with zero attached hydrogens (tertiary/aromatic N) is 1. The van der Waals surface area contributed by atoms with Crippen molar-refractivity contribution in [2.45, 2.75) is 23.0 Å². The lowest BCUT2D eigenvalue weighted by Gasteiger charge is -2.21. The first-order chi connectivity index (χ1) is 7.79. The van der Waals surface area contributed by atoms with Crippen LogP contribution in [0.5, 0.6) is 0 Å². The van der Waals surface area contributed by atoms with Crippen LogP contribution in [0.3, 0.4) is 0 Å². The Kier molecular flexibility index (Phi) is 3.70. The lowest BCUT2D eigenvalue weighted by atomic mass is 10.2. The van der Waals surface area contributed by atoms with Gasteiger partial charge in [0.2, 0.25) is 0 Å². The van der Waals surface area contributed by atoms with Crippen LogP contribution in [-0.4, -0.2) is 18.5 Å². The van der Waals surface area contributed by atoms with Crippen molar-refractivity contribution in [2.24, 2.45) is 0 Å². The molecule has 3 nitrogen and oxygen atoms in total. The molecule has 0 aliphatic carbocycles. The number of nitriles is 1. The number of ether oxygens (including phenoxy) is 1. The molecule has 1 fully saturated rings. The quantitative estimate of drug-likeness (QED) is 0.798. The van der Waals surface area contributed by atoms with E-state index < -0.39 is 0 Å². The summed E-state index contributed by atoms with van der Waals surface area (Å²) < 4.78 is 5.32. The van der Waals surface area contributed by atoms with Crippen molar-refractivity contribution in [3.63, 3.8) is 0 Å². The molecule has 84 valence electrons. The van der Waals surface area contributed by atoms with Crippen molar-refractivity contribution in [2.75, 3.05) is 18.9 Å². The number of nitrogen functional groups attached to an aromatic ring is 1. The summed E-state index contributed by atoms with van der Waals surface area (Å²) in [5, 5.41) is 9.39. The van der Waals surface area contributed by atoms with Gasteiger partial charge in [-0.15, -0.1) is 11.8 Å². The zero-order valence-electron chi connectivity index (χ0n) is 8.98. The normalized spacial score (nSPS) is 16.9. The number of rotatable bonds is 2. The molecule has 0 bridgehead atoms. The summed E-state index contributed by atoms with van der Waals surface area (Å²) in [6.45, 7) is 1.70. The maximum atomic E-state index is 8.78. The molecule has 0 saturated carbocycles. The number of benzene rings is 1. The lowest BCUT2D eigenvalue weighted by Crippen LogP contribution is -2.17. The van der Waals surface area contributed by atoms with Crippen LogP contribution >= 0.6 is 11.8 Å². The van der Waals surface area contributed by atoms with Crippen LogP contribution in [0.25, 0.3) is 0 Å². The van der Waals surface area contributed by atoms with E-state index in [-0.39, 0.29) is 0 Å². The number of thioether (sulfide) groups is 1. The van der Waals surface area contributed by atoms with Crippen molar-refractivity contribution in [3.8, 4) is 6.07 Å². The van der Waals surface area contributed by atoms with Crippen molar-refractivity contribution in [1.29, 1.82) is 5.26 Å². The predicted molar refractivity (Wildman–Crippen MR) is 65.3 cm³/mol. The Labute approximate surface area is 99.6 Å². The van der Waals surface area contributed by atoms with E-state index >= 15 is 0 Å². The maximum Gasteiger partial charge on any atom is 0.101 e. The molecule has 1 aromatic carbocycles. The highest BCUT2D eigenvalue weighted by Gasteiger charge is 2.15. The van der Waals surface area contributed by atoms with E-state index in [4.69, 9.17) is 15.7 Å². The van der Waals surface area contributed by atoms with Gasteiger partial charge < -0.3 is 10.5 Å². The molecule has 1 aliphatic heterocycles. The monoisotopic (exact) mass is 234 g/mol. The van der Waals surface area contributed by atoms with E-state index in [1.807, 2.05) is 23.9 Å². The third-order valence-electron chi connectivity index (χ3n) is 2.61. The summed E-state index contributed by atoms with van der Waals surface area (Å²) in [7, 11) is 0. The molecular formula is C12H14N2OS. The standard InChI is InChI=1S/C12H14N2OS/c13-8-9-1-2-11(7-12(9)14)16-10-3-5-15-6-4-10/h1-2,7,10H,3-6,14H2. The molecule has 0 aromatic heterocycles. The summed E-state index contributed by atoms with van der Waals surface area (Å²) in [5.41, 5.74) is 6.90. The Balaban J connectivity index is 2.04. The summed E-state index contributed by atoms with van der Waals surface area (Å²) in [6, 6.07) is 7.72. The summed E-state index contributed by atoms with van der Waals surface area (Å²) in [4.78, 5) is 1.14. The predicted octanol–water partition coefficient (Wildman–Crippen LogP) is 2.41. The number of hydrogen-bond acceptors (Lipinski definition) is 4. The highest BCUT2D eigenvalue weighted by molar-refractivity contribution is 8.00. The SMILES string of the molecule is N#Cc1ccc(SC2CCOCC2)cc1N. The van der Waals surface area contributed by atoms with Gasteiger partial charge in [-0.3, -0.25) is 0 Å². The molecule has 16 heavy (non-hydrogen) atoms. The number of anilines is 1. The first-order valence-electron chi connectivity index (χ1n) is 5.33. The van der Waals surface area contributed by atoms with Gasteiger partial charge in [0, 0.05) is 23.4 Å². The molecule has 0 spiro atoms. The molecule has 0 unspecified atom stereocenters. The van der Waals surface area contributed by atoms with Gasteiger partial charge in [0.05, 0.1) is 11.3 Å². The molecular weight excluding hydrogens is 220 g/mol. The van der Waals surface area contributed by atoms with E-state index in [0.717, 1.165) is 31.0 Å². The Morgan fingerprint density at radius 3 is 2.75 bits per heavy atom. The lowest BCUT2D eigenvalue weighted by molar-refractivity contribution is 0.100. The molecule has 2 rings (SSSR count). The number of nitrogens with two attached hydrogens (primary N) is 1. The Morgan fingerprint density at radius 1 is 1.38 bits per heavy atom. The molecule has 2 N–H and O–H groups in total. The Hall–Kier alpha value is -1.18. The van der Waals surface area contributed by atoms with Crippen LogP contribution in [0.1, 0.15) is 18.4 Å². The molecule has 1 aliphatic rings. The zero-order chi connectivity index (χ0) is 11.4. The summed E-state index contributed by atoms with van der Waals surface area (Å²) >= 11 is 1.83. The average Bonchev–Trinajstić information content (AvgIpc) is 2.31. The zero-order valence-corrected chi connectivity index (χ0v) is 9.80. The van der Waals surface area contributed by atoms with E-state index in [0.29, 0.717) is 16.5 Å². The van der Waals surface area contributed by atoms with Gasteiger partial charge in [0.1, 0.15) is 6.07 Å². The average molecular weight is 234 g/mol. The van der Waals surface area contributed by atoms with E-state index in [1.54, 1.807) is 6.07 Å². The van der Waals surface area contributed by atoms with E-state index in [2.05, 4.69) is 6.07 Å². The third kappa shape index (κ3) is 2.69. The van der Waals surface area contributed by atoms with Gasteiger partial charge in [-0.25, -0.2) is 0 Å². The summed E-state index contributed by atoms with van der Waals surface area (Å²) in [5.74, 6) is 0. The maximum absolute atomic E-state index is 8.78. The molecule has 1 aromatic rings. The smallest absolute Gasteiger partial charge is 0.101 e. The minimum Gasteiger partial charge on any atom is -0.398 e. The molecule has 1 heterocycles. The van der Waals surface area contributed by atoms with Gasteiger partial charge in [-0.2, -0.15) is 5.26 Å². The molecule has 0 radical (unpaired) electrons. The summed E-state index contributed by atoms with van der Waals surface area (Å²) in [6.07, 6.45) is 2.18. The van der Waals surface area contributed by atoms with Crippen LogP contribution in [0, 0.1) is 11.3 Å². The van der Waals surface area contributed by atoms with Crippen LogP contribution in [0.15, 0.2) is 23.1 Å². The molecule has 0 amide bonds. The highest BCUT2D eigenvalue weighted by atomic mass is 32.2. The third-order valence-corrected chi connectivity index (χ3v) is 3.95. The van der Waals surface area contributed by atoms with Crippen LogP contribution in [0.4, 0.5) is 5.69 Å². The first kappa shape index (κ1) is 11.3.